The lowest BCUT2D eigenvalue weighted by molar-refractivity contribution is -0.118. The van der Waals surface area contributed by atoms with Crippen LogP contribution in [0.1, 0.15) is 18.1 Å². The molecule has 2 rings (SSSR count). The van der Waals surface area contributed by atoms with Crippen molar-refractivity contribution in [3.8, 4) is 5.75 Å². The molecule has 0 saturated heterocycles. The lowest BCUT2D eigenvalue weighted by atomic mass is 10.1. The molecular weight excluding hydrogens is 374 g/mol. The monoisotopic (exact) mass is 393 g/mol. The van der Waals surface area contributed by atoms with E-state index in [0.717, 1.165) is 31.9 Å². The first-order valence-electron chi connectivity index (χ1n) is 7.42. The van der Waals surface area contributed by atoms with Crippen molar-refractivity contribution in [1.29, 1.82) is 0 Å². The first kappa shape index (κ1) is 17.9. The van der Waals surface area contributed by atoms with Gasteiger partial charge >= 0.3 is 0 Å². The molecule has 0 bridgehead atoms. The molecule has 0 heterocycles. The maximum atomic E-state index is 12.1. The molecule has 2 aromatic rings. The number of amides is 1. The Balaban J connectivity index is 1.98. The third-order valence-corrected chi connectivity index (χ3v) is 5.45. The number of ether oxygens (including phenoxy) is 1. The Kier molecular flexibility index (Phi) is 6.54. The largest absolute Gasteiger partial charge is 0.484 e. The van der Waals surface area contributed by atoms with Crippen molar-refractivity contribution in [1.82, 2.24) is 0 Å². The molecule has 0 aromatic heterocycles. The second kappa shape index (κ2) is 8.41. The fourth-order valence-corrected chi connectivity index (χ4v) is 3.17. The van der Waals surface area contributed by atoms with Crippen molar-refractivity contribution >= 4 is 39.3 Å². The van der Waals surface area contributed by atoms with Crippen LogP contribution in [0.25, 0.3) is 0 Å². The summed E-state index contributed by atoms with van der Waals surface area (Å²) in [5.41, 5.74) is 3.01. The van der Waals surface area contributed by atoms with Crippen LogP contribution in [0.15, 0.2) is 45.8 Å². The van der Waals surface area contributed by atoms with E-state index in [2.05, 4.69) is 28.2 Å². The third-order valence-electron chi connectivity index (χ3n) is 3.24. The molecule has 0 saturated carbocycles. The smallest absolute Gasteiger partial charge is 0.262 e. The van der Waals surface area contributed by atoms with Gasteiger partial charge in [0.25, 0.3) is 5.91 Å². The van der Waals surface area contributed by atoms with Crippen molar-refractivity contribution in [2.45, 2.75) is 25.7 Å². The van der Waals surface area contributed by atoms with Crippen molar-refractivity contribution in [2.75, 3.05) is 17.7 Å². The molecule has 1 amide bonds. The number of halogens is 1. The average molecular weight is 394 g/mol. The Morgan fingerprint density at radius 1 is 1.22 bits per heavy atom. The molecule has 0 spiro atoms. The lowest BCUT2D eigenvalue weighted by Crippen LogP contribution is -2.20. The van der Waals surface area contributed by atoms with E-state index < -0.39 is 0 Å². The highest BCUT2D eigenvalue weighted by Gasteiger charge is 2.09. The third kappa shape index (κ3) is 5.01. The highest BCUT2D eigenvalue weighted by Crippen LogP contribution is 2.27. The van der Waals surface area contributed by atoms with Crippen LogP contribution in [-0.4, -0.2) is 18.3 Å². The number of hydrogen-bond acceptors (Lipinski definition) is 3. The molecule has 3 nitrogen and oxygen atoms in total. The molecule has 0 aliphatic rings. The highest BCUT2D eigenvalue weighted by atomic mass is 79.9. The van der Waals surface area contributed by atoms with E-state index in [0.29, 0.717) is 5.75 Å². The van der Waals surface area contributed by atoms with Gasteiger partial charge in [-0.15, -0.1) is 11.8 Å². The zero-order valence-corrected chi connectivity index (χ0v) is 15.9. The standard InChI is InChI=1S/C18H20BrNO2S/c1-4-23-16-8-6-5-7-15(16)20-17(21)11-22-14-9-12(2)18(19)13(3)10-14/h5-10H,4,11H2,1-3H3,(H,20,21). The van der Waals surface area contributed by atoms with Gasteiger partial charge in [0.1, 0.15) is 5.75 Å². The first-order valence-corrected chi connectivity index (χ1v) is 9.20. The Hall–Kier alpha value is -1.46. The Bertz CT molecular complexity index is 680. The molecule has 23 heavy (non-hydrogen) atoms. The van der Waals surface area contributed by atoms with E-state index in [-0.39, 0.29) is 12.5 Å². The zero-order chi connectivity index (χ0) is 16.8. The minimum absolute atomic E-state index is 0.00830. The lowest BCUT2D eigenvalue weighted by Gasteiger charge is -2.12. The van der Waals surface area contributed by atoms with Gasteiger partial charge in [0, 0.05) is 9.37 Å². The maximum absolute atomic E-state index is 12.1. The van der Waals surface area contributed by atoms with Gasteiger partial charge in [0.2, 0.25) is 0 Å². The molecule has 0 atom stereocenters. The number of para-hydroxylation sites is 1. The van der Waals surface area contributed by atoms with Gasteiger partial charge in [-0.05, 0) is 55.0 Å². The van der Waals surface area contributed by atoms with Crippen LogP contribution in [0.2, 0.25) is 0 Å². The maximum Gasteiger partial charge on any atom is 0.262 e. The molecule has 122 valence electrons. The summed E-state index contributed by atoms with van der Waals surface area (Å²) in [6.07, 6.45) is 0. The number of rotatable bonds is 6. The first-order chi connectivity index (χ1) is 11.0. The second-order valence-electron chi connectivity index (χ2n) is 5.14. The molecule has 1 N–H and O–H groups in total. The highest BCUT2D eigenvalue weighted by molar-refractivity contribution is 9.10. The van der Waals surface area contributed by atoms with E-state index in [4.69, 9.17) is 4.74 Å². The van der Waals surface area contributed by atoms with E-state index in [1.165, 1.54) is 0 Å². The van der Waals surface area contributed by atoms with Crippen LogP contribution in [0.5, 0.6) is 5.75 Å². The number of thioether (sulfide) groups is 1. The summed E-state index contributed by atoms with van der Waals surface area (Å²) in [6, 6.07) is 11.6. The van der Waals surface area contributed by atoms with Crippen molar-refractivity contribution in [3.05, 3.63) is 52.0 Å². The zero-order valence-electron chi connectivity index (χ0n) is 13.5. The number of carbonyl (C=O) groups excluding carboxylic acids is 1. The summed E-state index contributed by atoms with van der Waals surface area (Å²) in [4.78, 5) is 13.2. The van der Waals surface area contributed by atoms with Crippen LogP contribution in [0.3, 0.4) is 0 Å². The minimum Gasteiger partial charge on any atom is -0.484 e. The predicted molar refractivity (Wildman–Crippen MR) is 101 cm³/mol. The summed E-state index contributed by atoms with van der Waals surface area (Å²) in [5.74, 6) is 1.50. The van der Waals surface area contributed by atoms with Gasteiger partial charge in [0.15, 0.2) is 6.61 Å². The van der Waals surface area contributed by atoms with Crippen molar-refractivity contribution in [2.24, 2.45) is 0 Å². The van der Waals surface area contributed by atoms with E-state index in [9.17, 15) is 4.79 Å². The molecule has 0 fully saturated rings. The summed E-state index contributed by atoms with van der Waals surface area (Å²) >= 11 is 5.23. The number of aryl methyl sites for hydroxylation is 2. The van der Waals surface area contributed by atoms with Gasteiger partial charge in [-0.1, -0.05) is 35.0 Å². The number of benzene rings is 2. The topological polar surface area (TPSA) is 38.3 Å². The summed E-state index contributed by atoms with van der Waals surface area (Å²) < 4.78 is 6.69. The molecule has 0 aliphatic heterocycles. The van der Waals surface area contributed by atoms with E-state index in [1.54, 1.807) is 11.8 Å². The van der Waals surface area contributed by atoms with Gasteiger partial charge in [-0.2, -0.15) is 0 Å². The van der Waals surface area contributed by atoms with Crippen LogP contribution in [0.4, 0.5) is 5.69 Å². The number of nitrogens with one attached hydrogen (secondary N) is 1. The molecule has 2 aromatic carbocycles. The van der Waals surface area contributed by atoms with Gasteiger partial charge in [-0.3, -0.25) is 4.79 Å². The van der Waals surface area contributed by atoms with Gasteiger partial charge in [0.05, 0.1) is 5.69 Å². The molecule has 0 radical (unpaired) electrons. The molecular formula is C18H20BrNO2S. The minimum atomic E-state index is -0.160. The Labute approximate surface area is 149 Å². The van der Waals surface area contributed by atoms with E-state index >= 15 is 0 Å². The summed E-state index contributed by atoms with van der Waals surface area (Å²) in [5, 5.41) is 2.91. The van der Waals surface area contributed by atoms with E-state index in [1.807, 2.05) is 50.2 Å². The normalized spacial score (nSPS) is 10.4. The predicted octanol–water partition coefficient (Wildman–Crippen LogP) is 5.20. The fraction of sp³-hybridized carbons (Fsp3) is 0.278. The van der Waals surface area contributed by atoms with Crippen LogP contribution in [0, 0.1) is 13.8 Å². The summed E-state index contributed by atoms with van der Waals surface area (Å²) in [6.45, 7) is 6.08. The molecule has 5 heteroatoms. The number of hydrogen-bond donors (Lipinski definition) is 1. The quantitative estimate of drug-likeness (QED) is 0.685. The number of anilines is 1. The van der Waals surface area contributed by atoms with Gasteiger partial charge < -0.3 is 10.1 Å². The van der Waals surface area contributed by atoms with Crippen LogP contribution < -0.4 is 10.1 Å². The Morgan fingerprint density at radius 3 is 2.52 bits per heavy atom. The van der Waals surface area contributed by atoms with Crippen LogP contribution in [-0.2, 0) is 4.79 Å². The SMILES string of the molecule is CCSc1ccccc1NC(=O)COc1cc(C)c(Br)c(C)c1. The van der Waals surface area contributed by atoms with Crippen molar-refractivity contribution < 1.29 is 9.53 Å². The van der Waals surface area contributed by atoms with Crippen molar-refractivity contribution in [3.63, 3.8) is 0 Å². The Morgan fingerprint density at radius 2 is 1.87 bits per heavy atom. The van der Waals surface area contributed by atoms with Crippen LogP contribution >= 0.6 is 27.7 Å². The van der Waals surface area contributed by atoms with Gasteiger partial charge in [-0.25, -0.2) is 0 Å². The fourth-order valence-electron chi connectivity index (χ4n) is 2.18. The number of carbonyl (C=O) groups is 1. The molecule has 0 unspecified atom stereocenters. The molecule has 0 aliphatic carbocycles. The average Bonchev–Trinajstić information content (AvgIpc) is 2.52. The second-order valence-corrected chi connectivity index (χ2v) is 7.24. The summed E-state index contributed by atoms with van der Waals surface area (Å²) in [7, 11) is 0.